The summed E-state index contributed by atoms with van der Waals surface area (Å²) in [5.74, 6) is 0.222. The highest BCUT2D eigenvalue weighted by Crippen LogP contribution is 2.32. The molecule has 24 heavy (non-hydrogen) atoms. The van der Waals surface area contributed by atoms with Gasteiger partial charge in [-0.3, -0.25) is 14.7 Å². The molecule has 0 radical (unpaired) electrons. The molecule has 0 aliphatic carbocycles. The Morgan fingerprint density at radius 1 is 1.21 bits per heavy atom. The standard InChI is InChI=1S/C18H19N3O2S/c1-3-19-18-20(4-2)17(23)16(24-18)12-14-6-5-11-21(14)13-7-9-15(22)10-8-13/h5-12,22H,3-4H2,1-2H3/b16-12+,19-18?. The number of amides is 1. The highest BCUT2D eigenvalue weighted by Gasteiger charge is 2.32. The summed E-state index contributed by atoms with van der Waals surface area (Å²) in [6.45, 7) is 5.18. The van der Waals surface area contributed by atoms with Crippen LogP contribution >= 0.6 is 11.8 Å². The molecule has 3 rings (SSSR count). The summed E-state index contributed by atoms with van der Waals surface area (Å²) in [5, 5.41) is 10.2. The fourth-order valence-corrected chi connectivity index (χ4v) is 3.62. The molecule has 0 bridgehead atoms. The molecule has 1 aromatic carbocycles. The van der Waals surface area contributed by atoms with Gasteiger partial charge in [-0.1, -0.05) is 0 Å². The Balaban J connectivity index is 1.96. The van der Waals surface area contributed by atoms with E-state index in [-0.39, 0.29) is 11.7 Å². The van der Waals surface area contributed by atoms with Crippen molar-refractivity contribution in [2.45, 2.75) is 13.8 Å². The predicted octanol–water partition coefficient (Wildman–Crippen LogP) is 3.50. The van der Waals surface area contributed by atoms with Crippen molar-refractivity contribution < 1.29 is 9.90 Å². The van der Waals surface area contributed by atoms with E-state index in [4.69, 9.17) is 0 Å². The van der Waals surface area contributed by atoms with Gasteiger partial charge in [-0.2, -0.15) is 0 Å². The van der Waals surface area contributed by atoms with Crippen molar-refractivity contribution >= 4 is 28.9 Å². The zero-order valence-electron chi connectivity index (χ0n) is 13.6. The van der Waals surface area contributed by atoms with E-state index in [9.17, 15) is 9.90 Å². The van der Waals surface area contributed by atoms with Gasteiger partial charge in [-0.25, -0.2) is 0 Å². The number of likely N-dealkylation sites (N-methyl/N-ethyl adjacent to an activating group) is 1. The molecule has 1 aliphatic heterocycles. The number of thioether (sulfide) groups is 1. The third-order valence-corrected chi connectivity index (χ3v) is 4.73. The van der Waals surface area contributed by atoms with Gasteiger partial charge in [0.15, 0.2) is 5.17 Å². The molecule has 1 N–H and O–H groups in total. The van der Waals surface area contributed by atoms with Crippen LogP contribution in [0.3, 0.4) is 0 Å². The van der Waals surface area contributed by atoms with Gasteiger partial charge in [-0.05, 0) is 68.1 Å². The number of benzene rings is 1. The summed E-state index contributed by atoms with van der Waals surface area (Å²) in [6.07, 6.45) is 3.82. The lowest BCUT2D eigenvalue weighted by Gasteiger charge is -2.11. The van der Waals surface area contributed by atoms with Crippen LogP contribution in [0.4, 0.5) is 0 Å². The second-order valence-corrected chi connectivity index (χ2v) is 6.25. The molecule has 1 aliphatic rings. The third-order valence-electron chi connectivity index (χ3n) is 3.68. The van der Waals surface area contributed by atoms with E-state index < -0.39 is 0 Å². The number of hydrogen-bond acceptors (Lipinski definition) is 4. The molecule has 2 heterocycles. The van der Waals surface area contributed by atoms with Gasteiger partial charge in [0, 0.05) is 30.7 Å². The van der Waals surface area contributed by atoms with Crippen molar-refractivity contribution in [3.05, 3.63) is 53.2 Å². The molecule has 1 amide bonds. The molecule has 0 atom stereocenters. The number of carbonyl (C=O) groups is 1. The molecule has 2 aromatic rings. The zero-order valence-corrected chi connectivity index (χ0v) is 14.5. The van der Waals surface area contributed by atoms with Crippen LogP contribution in [-0.2, 0) is 4.79 Å². The fourth-order valence-electron chi connectivity index (χ4n) is 2.53. The zero-order chi connectivity index (χ0) is 17.1. The Hall–Kier alpha value is -2.47. The highest BCUT2D eigenvalue weighted by molar-refractivity contribution is 8.18. The van der Waals surface area contributed by atoms with Crippen LogP contribution in [0.5, 0.6) is 5.75 Å². The van der Waals surface area contributed by atoms with Crippen molar-refractivity contribution in [3.8, 4) is 11.4 Å². The molecule has 0 spiro atoms. The number of hydrogen-bond donors (Lipinski definition) is 1. The minimum Gasteiger partial charge on any atom is -0.508 e. The number of amidine groups is 1. The normalized spacial score (nSPS) is 18.1. The topological polar surface area (TPSA) is 57.8 Å². The van der Waals surface area contributed by atoms with E-state index in [0.717, 1.165) is 16.5 Å². The molecule has 0 unspecified atom stereocenters. The highest BCUT2D eigenvalue weighted by atomic mass is 32.2. The molecule has 0 saturated carbocycles. The van der Waals surface area contributed by atoms with Crippen LogP contribution in [-0.4, -0.2) is 38.7 Å². The molecular weight excluding hydrogens is 322 g/mol. The average Bonchev–Trinajstić information content (AvgIpc) is 3.14. The largest absolute Gasteiger partial charge is 0.508 e. The molecule has 6 heteroatoms. The smallest absolute Gasteiger partial charge is 0.266 e. The Labute approximate surface area is 145 Å². The van der Waals surface area contributed by atoms with Gasteiger partial charge in [-0.15, -0.1) is 0 Å². The number of phenols is 1. The lowest BCUT2D eigenvalue weighted by Crippen LogP contribution is -2.28. The van der Waals surface area contributed by atoms with Gasteiger partial charge in [0.2, 0.25) is 0 Å². The number of carbonyl (C=O) groups excluding carboxylic acids is 1. The first-order valence-corrected chi connectivity index (χ1v) is 8.68. The van der Waals surface area contributed by atoms with Gasteiger partial charge in [0.25, 0.3) is 5.91 Å². The maximum absolute atomic E-state index is 12.6. The first-order chi connectivity index (χ1) is 11.6. The number of aliphatic imine (C=N–C) groups is 1. The van der Waals surface area contributed by atoms with Crippen LogP contribution in [0.15, 0.2) is 52.5 Å². The average molecular weight is 341 g/mol. The monoisotopic (exact) mass is 341 g/mol. The summed E-state index contributed by atoms with van der Waals surface area (Å²) in [7, 11) is 0. The second-order valence-electron chi connectivity index (χ2n) is 5.24. The summed E-state index contributed by atoms with van der Waals surface area (Å²) in [5.41, 5.74) is 1.83. The summed E-state index contributed by atoms with van der Waals surface area (Å²) >= 11 is 1.41. The Morgan fingerprint density at radius 3 is 2.62 bits per heavy atom. The van der Waals surface area contributed by atoms with Gasteiger partial charge < -0.3 is 9.67 Å². The Kier molecular flexibility index (Phi) is 4.76. The summed E-state index contributed by atoms with van der Waals surface area (Å²) in [6, 6.07) is 10.9. The van der Waals surface area contributed by atoms with E-state index in [1.54, 1.807) is 17.0 Å². The van der Waals surface area contributed by atoms with Crippen LogP contribution in [0, 0.1) is 0 Å². The Morgan fingerprint density at radius 2 is 1.96 bits per heavy atom. The van der Waals surface area contributed by atoms with Crippen LogP contribution in [0.25, 0.3) is 11.8 Å². The number of nitrogens with zero attached hydrogens (tertiary/aromatic N) is 3. The van der Waals surface area contributed by atoms with Gasteiger partial charge in [0.05, 0.1) is 4.91 Å². The van der Waals surface area contributed by atoms with Crippen LogP contribution in [0.1, 0.15) is 19.5 Å². The van der Waals surface area contributed by atoms with Crippen molar-refractivity contribution in [2.75, 3.05) is 13.1 Å². The van der Waals surface area contributed by atoms with Crippen LogP contribution in [0.2, 0.25) is 0 Å². The minimum absolute atomic E-state index is 0.00634. The number of rotatable bonds is 4. The van der Waals surface area contributed by atoms with E-state index in [0.29, 0.717) is 18.0 Å². The summed E-state index contributed by atoms with van der Waals surface area (Å²) < 4.78 is 1.98. The first kappa shape index (κ1) is 16.4. The molecule has 124 valence electrons. The van der Waals surface area contributed by atoms with E-state index in [2.05, 4.69) is 4.99 Å². The maximum Gasteiger partial charge on any atom is 0.266 e. The predicted molar refractivity (Wildman–Crippen MR) is 98.4 cm³/mol. The van der Waals surface area contributed by atoms with Gasteiger partial charge >= 0.3 is 0 Å². The van der Waals surface area contributed by atoms with E-state index >= 15 is 0 Å². The number of aromatic hydroxyl groups is 1. The second kappa shape index (κ2) is 6.97. The first-order valence-electron chi connectivity index (χ1n) is 7.86. The SMILES string of the molecule is CCN=C1S/C(=C/c2cccn2-c2ccc(O)cc2)C(=O)N1CC. The quantitative estimate of drug-likeness (QED) is 0.866. The lowest BCUT2D eigenvalue weighted by molar-refractivity contribution is -0.122. The van der Waals surface area contributed by atoms with E-state index in [1.165, 1.54) is 11.8 Å². The molecule has 1 aromatic heterocycles. The molecular formula is C18H19N3O2S. The third kappa shape index (κ3) is 3.10. The number of aromatic nitrogens is 1. The fraction of sp³-hybridized carbons (Fsp3) is 0.222. The van der Waals surface area contributed by atoms with Crippen molar-refractivity contribution in [2.24, 2.45) is 4.99 Å². The van der Waals surface area contributed by atoms with Crippen molar-refractivity contribution in [1.82, 2.24) is 9.47 Å². The summed E-state index contributed by atoms with van der Waals surface area (Å²) in [4.78, 5) is 19.3. The van der Waals surface area contributed by atoms with Crippen molar-refractivity contribution in [1.29, 1.82) is 0 Å². The maximum atomic E-state index is 12.6. The van der Waals surface area contributed by atoms with Crippen LogP contribution < -0.4 is 0 Å². The molecule has 1 fully saturated rings. The van der Waals surface area contributed by atoms with E-state index in [1.807, 2.05) is 55.0 Å². The Bertz CT molecular complexity index is 806. The lowest BCUT2D eigenvalue weighted by atomic mass is 10.3. The number of phenolic OH excluding ortho intramolecular Hbond substituents is 1. The minimum atomic E-state index is -0.00634. The molecule has 5 nitrogen and oxygen atoms in total. The van der Waals surface area contributed by atoms with Gasteiger partial charge in [0.1, 0.15) is 5.75 Å². The van der Waals surface area contributed by atoms with Crippen molar-refractivity contribution in [3.63, 3.8) is 0 Å². The molecule has 1 saturated heterocycles.